The van der Waals surface area contributed by atoms with Crippen LogP contribution >= 0.6 is 0 Å². The summed E-state index contributed by atoms with van der Waals surface area (Å²) in [6.07, 6.45) is 3.47. The van der Waals surface area contributed by atoms with Crippen LogP contribution in [0.5, 0.6) is 0 Å². The minimum atomic E-state index is -0.936. The van der Waals surface area contributed by atoms with E-state index in [1.165, 1.54) is 7.11 Å². The number of carbonyl (C=O) groups excluding carboxylic acids is 1. The van der Waals surface area contributed by atoms with Crippen LogP contribution in [0.15, 0.2) is 78.9 Å². The van der Waals surface area contributed by atoms with Crippen LogP contribution in [0.3, 0.4) is 0 Å². The maximum absolute atomic E-state index is 11.1. The molecule has 2 N–H and O–H groups in total. The van der Waals surface area contributed by atoms with Gasteiger partial charge in [0.1, 0.15) is 0 Å². The van der Waals surface area contributed by atoms with Crippen molar-refractivity contribution in [2.24, 2.45) is 0 Å². The van der Waals surface area contributed by atoms with E-state index in [2.05, 4.69) is 4.74 Å². The molecule has 2 aromatic rings. The van der Waals surface area contributed by atoms with E-state index in [4.69, 9.17) is 0 Å². The second kappa shape index (κ2) is 10.3. The molecule has 0 aliphatic heterocycles. The Balaban J connectivity index is 2.10. The third kappa shape index (κ3) is 6.31. The molecule has 2 rings (SSSR count). The molecule has 2 aromatic carbocycles. The summed E-state index contributed by atoms with van der Waals surface area (Å²) in [5.74, 6) is -0.496. The number of aliphatic hydroxyl groups excluding tert-OH is 2. The van der Waals surface area contributed by atoms with E-state index in [0.29, 0.717) is 0 Å². The van der Waals surface area contributed by atoms with Crippen molar-refractivity contribution in [3.63, 3.8) is 0 Å². The maximum Gasteiger partial charge on any atom is 0.308 e. The highest BCUT2D eigenvalue weighted by Crippen LogP contribution is 2.23. The molecule has 136 valence electrons. The van der Waals surface area contributed by atoms with Crippen LogP contribution in [0.4, 0.5) is 0 Å². The van der Waals surface area contributed by atoms with Crippen molar-refractivity contribution in [2.75, 3.05) is 7.11 Å². The fraction of sp³-hybridized carbons (Fsp3) is 0.227. The van der Waals surface area contributed by atoms with Gasteiger partial charge in [0.25, 0.3) is 0 Å². The van der Waals surface area contributed by atoms with E-state index >= 15 is 0 Å². The van der Waals surface area contributed by atoms with Crippen molar-refractivity contribution >= 4 is 11.5 Å². The average molecular weight is 352 g/mol. The van der Waals surface area contributed by atoms with E-state index in [0.717, 1.165) is 16.7 Å². The predicted octanol–water partition coefficient (Wildman–Crippen LogP) is 3.35. The SMILES string of the molecule is COC(=O)C[C@H](O)C[C@H](O)/C=C/C=C(c1ccccc1)c1ccccc1. The molecule has 26 heavy (non-hydrogen) atoms. The molecule has 0 saturated carbocycles. The molecule has 0 aliphatic carbocycles. The van der Waals surface area contributed by atoms with Crippen LogP contribution in [-0.2, 0) is 9.53 Å². The van der Waals surface area contributed by atoms with Crippen LogP contribution in [0, 0.1) is 0 Å². The first-order chi connectivity index (χ1) is 12.6. The lowest BCUT2D eigenvalue weighted by Gasteiger charge is -2.11. The molecule has 0 fully saturated rings. The van der Waals surface area contributed by atoms with Crippen molar-refractivity contribution < 1.29 is 19.7 Å². The van der Waals surface area contributed by atoms with Crippen molar-refractivity contribution in [2.45, 2.75) is 25.0 Å². The van der Waals surface area contributed by atoms with Crippen LogP contribution in [0.2, 0.25) is 0 Å². The third-order valence-electron chi connectivity index (χ3n) is 3.91. The van der Waals surface area contributed by atoms with Crippen LogP contribution in [0.1, 0.15) is 24.0 Å². The number of benzene rings is 2. The largest absolute Gasteiger partial charge is 0.469 e. The first kappa shape index (κ1) is 19.6. The fourth-order valence-electron chi connectivity index (χ4n) is 2.59. The van der Waals surface area contributed by atoms with Crippen LogP contribution in [-0.4, -0.2) is 35.5 Å². The second-order valence-electron chi connectivity index (χ2n) is 5.93. The quantitative estimate of drug-likeness (QED) is 0.565. The van der Waals surface area contributed by atoms with E-state index < -0.39 is 18.2 Å². The summed E-state index contributed by atoms with van der Waals surface area (Å²) in [6.45, 7) is 0. The number of allylic oxidation sites excluding steroid dienone is 2. The number of carbonyl (C=O) groups is 1. The normalized spacial score (nSPS) is 13.2. The van der Waals surface area contributed by atoms with Gasteiger partial charge in [-0.05, 0) is 16.7 Å². The minimum absolute atomic E-state index is 0.0748. The molecule has 0 spiro atoms. The Morgan fingerprint density at radius 1 is 1.00 bits per heavy atom. The fourth-order valence-corrected chi connectivity index (χ4v) is 2.59. The maximum atomic E-state index is 11.1. The highest BCUT2D eigenvalue weighted by molar-refractivity contribution is 5.80. The molecule has 4 nitrogen and oxygen atoms in total. The average Bonchev–Trinajstić information content (AvgIpc) is 2.66. The van der Waals surface area contributed by atoms with Crippen molar-refractivity contribution in [1.82, 2.24) is 0 Å². The van der Waals surface area contributed by atoms with E-state index in [9.17, 15) is 15.0 Å². The molecule has 0 amide bonds. The summed E-state index contributed by atoms with van der Waals surface area (Å²) < 4.78 is 4.50. The number of esters is 1. The number of aliphatic hydroxyl groups is 2. The van der Waals surface area contributed by atoms with Crippen LogP contribution < -0.4 is 0 Å². The lowest BCUT2D eigenvalue weighted by Crippen LogP contribution is -2.20. The highest BCUT2D eigenvalue weighted by atomic mass is 16.5. The van der Waals surface area contributed by atoms with Gasteiger partial charge in [0, 0.05) is 6.42 Å². The molecule has 0 aromatic heterocycles. The Bertz CT molecular complexity index is 694. The van der Waals surface area contributed by atoms with Crippen molar-refractivity contribution in [3.8, 4) is 0 Å². The first-order valence-corrected chi connectivity index (χ1v) is 8.52. The molecule has 0 bridgehead atoms. The number of rotatable bonds is 8. The Kier molecular flexibility index (Phi) is 7.80. The van der Waals surface area contributed by atoms with Gasteiger partial charge >= 0.3 is 5.97 Å². The number of hydrogen-bond donors (Lipinski definition) is 2. The van der Waals surface area contributed by atoms with E-state index in [1.807, 2.05) is 66.7 Å². The van der Waals surface area contributed by atoms with E-state index in [1.54, 1.807) is 12.2 Å². The first-order valence-electron chi connectivity index (χ1n) is 8.52. The zero-order valence-corrected chi connectivity index (χ0v) is 14.8. The van der Waals surface area contributed by atoms with Crippen molar-refractivity contribution in [3.05, 3.63) is 90.0 Å². The van der Waals surface area contributed by atoms with Crippen LogP contribution in [0.25, 0.3) is 5.57 Å². The van der Waals surface area contributed by atoms with Gasteiger partial charge < -0.3 is 14.9 Å². The predicted molar refractivity (Wildman–Crippen MR) is 102 cm³/mol. The smallest absolute Gasteiger partial charge is 0.308 e. The summed E-state index contributed by atoms with van der Waals surface area (Å²) in [5, 5.41) is 19.8. The highest BCUT2D eigenvalue weighted by Gasteiger charge is 2.14. The number of methoxy groups -OCH3 is 1. The zero-order valence-electron chi connectivity index (χ0n) is 14.8. The Hall–Kier alpha value is -2.69. The number of ether oxygens (including phenoxy) is 1. The van der Waals surface area contributed by atoms with Gasteiger partial charge in [-0.3, -0.25) is 4.79 Å². The summed E-state index contributed by atoms with van der Waals surface area (Å²) >= 11 is 0. The van der Waals surface area contributed by atoms with Gasteiger partial charge in [0.05, 0.1) is 25.7 Å². The monoisotopic (exact) mass is 352 g/mol. The van der Waals surface area contributed by atoms with Gasteiger partial charge in [-0.15, -0.1) is 0 Å². The minimum Gasteiger partial charge on any atom is -0.469 e. The summed E-state index contributed by atoms with van der Waals surface area (Å²) in [5.41, 5.74) is 3.18. The Labute approximate surface area is 154 Å². The molecule has 0 saturated heterocycles. The Morgan fingerprint density at radius 2 is 1.54 bits per heavy atom. The summed E-state index contributed by atoms with van der Waals surface area (Å²) in [7, 11) is 1.27. The van der Waals surface area contributed by atoms with Gasteiger partial charge in [0.15, 0.2) is 0 Å². The molecule has 2 atom stereocenters. The third-order valence-corrected chi connectivity index (χ3v) is 3.91. The standard InChI is InChI=1S/C22H24O4/c1-26-22(25)16-20(24)15-19(23)13-8-14-21(17-9-4-2-5-10-17)18-11-6-3-7-12-18/h2-14,19-20,23-24H,15-16H2,1H3/b13-8+/t19-,20-/m1/s1. The zero-order chi connectivity index (χ0) is 18.8. The second-order valence-corrected chi connectivity index (χ2v) is 5.93. The molecule has 0 unspecified atom stereocenters. The number of hydrogen-bond acceptors (Lipinski definition) is 4. The molecular formula is C22H24O4. The van der Waals surface area contributed by atoms with Crippen molar-refractivity contribution in [1.29, 1.82) is 0 Å². The van der Waals surface area contributed by atoms with E-state index in [-0.39, 0.29) is 12.8 Å². The summed E-state index contributed by atoms with van der Waals surface area (Å²) in [4.78, 5) is 11.1. The Morgan fingerprint density at radius 3 is 2.04 bits per heavy atom. The molecule has 0 radical (unpaired) electrons. The molecule has 0 heterocycles. The molecule has 0 aliphatic rings. The molecular weight excluding hydrogens is 328 g/mol. The topological polar surface area (TPSA) is 66.8 Å². The van der Waals surface area contributed by atoms with Gasteiger partial charge in [-0.25, -0.2) is 0 Å². The van der Waals surface area contributed by atoms with Gasteiger partial charge in [-0.2, -0.15) is 0 Å². The lowest BCUT2D eigenvalue weighted by molar-refractivity contribution is -0.143. The van der Waals surface area contributed by atoms with Gasteiger partial charge in [-0.1, -0.05) is 78.9 Å². The summed E-state index contributed by atoms with van der Waals surface area (Å²) in [6, 6.07) is 20.0. The molecule has 4 heteroatoms. The lowest BCUT2D eigenvalue weighted by atomic mass is 9.97. The van der Waals surface area contributed by atoms with Gasteiger partial charge in [0.2, 0.25) is 0 Å².